The third-order valence-corrected chi connectivity index (χ3v) is 5.61. The van der Waals surface area contributed by atoms with Gasteiger partial charge in [-0.25, -0.2) is 4.68 Å². The minimum atomic E-state index is 0. The van der Waals surface area contributed by atoms with Crippen LogP contribution in [0.3, 0.4) is 0 Å². The van der Waals surface area contributed by atoms with E-state index in [4.69, 9.17) is 20.3 Å². The van der Waals surface area contributed by atoms with E-state index < -0.39 is 0 Å². The molecule has 3 aromatic rings. The third-order valence-electron chi connectivity index (χ3n) is 5.61. The maximum Gasteiger partial charge on any atom is 0.128 e. The molecule has 2 aromatic carbocycles. The van der Waals surface area contributed by atoms with Gasteiger partial charge in [-0.3, -0.25) is 4.90 Å². The summed E-state index contributed by atoms with van der Waals surface area (Å²) in [5.74, 6) is 2.05. The van der Waals surface area contributed by atoms with Crippen LogP contribution >= 0.6 is 12.4 Å². The molecule has 2 atom stereocenters. The minimum Gasteiger partial charge on any atom is -0.497 e. The van der Waals surface area contributed by atoms with Crippen LogP contribution < -0.4 is 15.2 Å². The Morgan fingerprint density at radius 3 is 2.47 bits per heavy atom. The molecule has 1 aromatic heterocycles. The van der Waals surface area contributed by atoms with Gasteiger partial charge < -0.3 is 15.2 Å². The van der Waals surface area contributed by atoms with Crippen LogP contribution in [0.15, 0.2) is 54.7 Å². The SMILES string of the molecule is COc1ccc(OC)c(-c2nn(-c3ccccc3)cc2CN2CC(C)C(N)C2)c1.Cl. The van der Waals surface area contributed by atoms with Gasteiger partial charge in [0.05, 0.1) is 19.9 Å². The molecule has 1 saturated heterocycles. The molecule has 1 fully saturated rings. The first-order valence-electron chi connectivity index (χ1n) is 9.93. The standard InChI is InChI=1S/C23H28N4O2.ClH/c1-16-12-26(15-21(16)24)13-17-14-27(18-7-5-4-6-8-18)25-23(17)20-11-19(28-2)9-10-22(20)29-3;/h4-11,14,16,21H,12-13,15,24H2,1-3H3;1H. The van der Waals surface area contributed by atoms with E-state index in [0.29, 0.717) is 5.92 Å². The summed E-state index contributed by atoms with van der Waals surface area (Å²) < 4.78 is 13.0. The lowest BCUT2D eigenvalue weighted by molar-refractivity contribution is 0.319. The first kappa shape index (κ1) is 22.2. The maximum absolute atomic E-state index is 6.25. The van der Waals surface area contributed by atoms with E-state index in [1.165, 1.54) is 0 Å². The molecule has 0 radical (unpaired) electrons. The number of halogens is 1. The Labute approximate surface area is 184 Å². The normalized spacial score (nSPS) is 18.8. The highest BCUT2D eigenvalue weighted by Gasteiger charge is 2.28. The predicted octanol–water partition coefficient (Wildman–Crippen LogP) is 3.76. The van der Waals surface area contributed by atoms with Gasteiger partial charge >= 0.3 is 0 Å². The van der Waals surface area contributed by atoms with E-state index >= 15 is 0 Å². The van der Waals surface area contributed by atoms with E-state index in [1.807, 2.05) is 41.1 Å². The van der Waals surface area contributed by atoms with Gasteiger partial charge in [0, 0.05) is 43.0 Å². The first-order chi connectivity index (χ1) is 14.1. The second-order valence-corrected chi connectivity index (χ2v) is 7.68. The van der Waals surface area contributed by atoms with Crippen LogP contribution in [0.5, 0.6) is 11.5 Å². The fraction of sp³-hybridized carbons (Fsp3) is 0.348. The first-order valence-corrected chi connectivity index (χ1v) is 9.93. The molecule has 7 heteroatoms. The van der Waals surface area contributed by atoms with Gasteiger partial charge in [-0.1, -0.05) is 25.1 Å². The van der Waals surface area contributed by atoms with Crippen LogP contribution in [0.2, 0.25) is 0 Å². The lowest BCUT2D eigenvalue weighted by Gasteiger charge is -2.16. The average Bonchev–Trinajstić information content (AvgIpc) is 3.31. The Hall–Kier alpha value is -2.54. The van der Waals surface area contributed by atoms with Gasteiger partial charge in [-0.2, -0.15) is 5.10 Å². The molecule has 0 bridgehead atoms. The fourth-order valence-electron chi connectivity index (χ4n) is 3.93. The Morgan fingerprint density at radius 2 is 1.83 bits per heavy atom. The van der Waals surface area contributed by atoms with Crippen molar-refractivity contribution in [3.8, 4) is 28.4 Å². The minimum absolute atomic E-state index is 0. The summed E-state index contributed by atoms with van der Waals surface area (Å²) in [5.41, 5.74) is 10.2. The number of nitrogens with two attached hydrogens (primary N) is 1. The van der Waals surface area contributed by atoms with Crippen LogP contribution in [-0.2, 0) is 6.54 Å². The maximum atomic E-state index is 6.25. The summed E-state index contributed by atoms with van der Waals surface area (Å²) in [6.45, 7) is 4.89. The van der Waals surface area contributed by atoms with Crippen molar-refractivity contribution in [1.82, 2.24) is 14.7 Å². The smallest absolute Gasteiger partial charge is 0.128 e. The number of benzene rings is 2. The highest BCUT2D eigenvalue weighted by molar-refractivity contribution is 5.85. The molecule has 0 aliphatic carbocycles. The highest BCUT2D eigenvalue weighted by atomic mass is 35.5. The van der Waals surface area contributed by atoms with E-state index in [2.05, 4.69) is 30.2 Å². The molecule has 0 amide bonds. The Balaban J connectivity index is 0.00000256. The lowest BCUT2D eigenvalue weighted by atomic mass is 10.1. The zero-order chi connectivity index (χ0) is 20.4. The van der Waals surface area contributed by atoms with E-state index in [0.717, 1.165) is 53.6 Å². The molecule has 2 N–H and O–H groups in total. The fourth-order valence-corrected chi connectivity index (χ4v) is 3.93. The third kappa shape index (κ3) is 4.46. The number of rotatable bonds is 6. The topological polar surface area (TPSA) is 65.5 Å². The summed E-state index contributed by atoms with van der Waals surface area (Å²) in [6.07, 6.45) is 2.11. The molecule has 0 spiro atoms. The second-order valence-electron chi connectivity index (χ2n) is 7.68. The van der Waals surface area contributed by atoms with Crippen molar-refractivity contribution < 1.29 is 9.47 Å². The summed E-state index contributed by atoms with van der Waals surface area (Å²) in [7, 11) is 3.35. The number of ether oxygens (including phenoxy) is 2. The van der Waals surface area contributed by atoms with Gasteiger partial charge in [0.1, 0.15) is 17.2 Å². The van der Waals surface area contributed by atoms with Gasteiger partial charge in [-0.15, -0.1) is 12.4 Å². The predicted molar refractivity (Wildman–Crippen MR) is 122 cm³/mol. The van der Waals surface area contributed by atoms with Gasteiger partial charge in [0.25, 0.3) is 0 Å². The highest BCUT2D eigenvalue weighted by Crippen LogP contribution is 2.35. The average molecular weight is 429 g/mol. The lowest BCUT2D eigenvalue weighted by Crippen LogP contribution is -2.28. The van der Waals surface area contributed by atoms with Crippen molar-refractivity contribution in [2.45, 2.75) is 19.5 Å². The summed E-state index contributed by atoms with van der Waals surface area (Å²) >= 11 is 0. The summed E-state index contributed by atoms with van der Waals surface area (Å²) in [6, 6.07) is 16.2. The zero-order valence-corrected chi connectivity index (χ0v) is 18.4. The number of likely N-dealkylation sites (tertiary alicyclic amines) is 1. The Bertz CT molecular complexity index is 967. The largest absolute Gasteiger partial charge is 0.497 e. The molecule has 1 aliphatic heterocycles. The molecule has 2 unspecified atom stereocenters. The molecular formula is C23H29ClN4O2. The van der Waals surface area contributed by atoms with Crippen molar-refractivity contribution in [2.24, 2.45) is 11.7 Å². The van der Waals surface area contributed by atoms with E-state index in [-0.39, 0.29) is 18.4 Å². The van der Waals surface area contributed by atoms with Crippen LogP contribution in [0.25, 0.3) is 16.9 Å². The Kier molecular flexibility index (Phi) is 7.02. The summed E-state index contributed by atoms with van der Waals surface area (Å²) in [5, 5.41) is 4.94. The number of para-hydroxylation sites is 1. The quantitative estimate of drug-likeness (QED) is 0.647. The monoisotopic (exact) mass is 428 g/mol. The van der Waals surface area contributed by atoms with Crippen molar-refractivity contribution in [1.29, 1.82) is 0 Å². The second kappa shape index (κ2) is 9.51. The number of aromatic nitrogens is 2. The zero-order valence-electron chi connectivity index (χ0n) is 17.6. The van der Waals surface area contributed by atoms with Crippen molar-refractivity contribution in [3.05, 3.63) is 60.3 Å². The van der Waals surface area contributed by atoms with Crippen LogP contribution in [0.4, 0.5) is 0 Å². The van der Waals surface area contributed by atoms with Crippen LogP contribution in [-0.4, -0.2) is 48.0 Å². The van der Waals surface area contributed by atoms with Gasteiger partial charge in [0.15, 0.2) is 0 Å². The van der Waals surface area contributed by atoms with Crippen molar-refractivity contribution in [3.63, 3.8) is 0 Å². The van der Waals surface area contributed by atoms with Crippen molar-refractivity contribution in [2.75, 3.05) is 27.3 Å². The van der Waals surface area contributed by atoms with Crippen LogP contribution in [0.1, 0.15) is 12.5 Å². The molecule has 2 heterocycles. The molecule has 30 heavy (non-hydrogen) atoms. The van der Waals surface area contributed by atoms with Crippen molar-refractivity contribution >= 4 is 12.4 Å². The molecule has 1 aliphatic rings. The molecular weight excluding hydrogens is 400 g/mol. The molecule has 6 nitrogen and oxygen atoms in total. The molecule has 0 saturated carbocycles. The Morgan fingerprint density at radius 1 is 1.07 bits per heavy atom. The van der Waals surface area contributed by atoms with E-state index in [9.17, 15) is 0 Å². The number of hydrogen-bond donors (Lipinski definition) is 1. The number of methoxy groups -OCH3 is 2. The van der Waals surface area contributed by atoms with Crippen LogP contribution in [0, 0.1) is 5.92 Å². The number of hydrogen-bond acceptors (Lipinski definition) is 5. The summed E-state index contributed by atoms with van der Waals surface area (Å²) in [4.78, 5) is 2.40. The van der Waals surface area contributed by atoms with Gasteiger partial charge in [0.2, 0.25) is 0 Å². The van der Waals surface area contributed by atoms with Gasteiger partial charge in [-0.05, 0) is 36.2 Å². The molecule has 160 valence electrons. The van der Waals surface area contributed by atoms with E-state index in [1.54, 1.807) is 14.2 Å². The molecule has 4 rings (SSSR count). The number of nitrogens with zero attached hydrogens (tertiary/aromatic N) is 3.